The molecule has 1 aliphatic heterocycles. The van der Waals surface area contributed by atoms with Crippen molar-refractivity contribution in [2.24, 2.45) is 0 Å². The molecule has 1 unspecified atom stereocenters. The number of fused-ring (bicyclic) bond motifs is 3. The average molecular weight is 472 g/mol. The number of phenols is 1. The van der Waals surface area contributed by atoms with Crippen molar-refractivity contribution in [3.05, 3.63) is 76.8 Å². The van der Waals surface area contributed by atoms with E-state index in [1.54, 1.807) is 4.31 Å². The highest BCUT2D eigenvalue weighted by Gasteiger charge is 2.38. The smallest absolute Gasteiger partial charge is 0.264 e. The fourth-order valence-electron chi connectivity index (χ4n) is 3.94. The van der Waals surface area contributed by atoms with E-state index >= 15 is 0 Å². The van der Waals surface area contributed by atoms with Gasteiger partial charge in [0, 0.05) is 10.0 Å². The Bertz CT molecular complexity index is 1140. The van der Waals surface area contributed by atoms with Gasteiger partial charge in [0.1, 0.15) is 5.75 Å². The molecule has 1 N–H and O–H groups in total. The lowest BCUT2D eigenvalue weighted by atomic mass is 9.87. The third kappa shape index (κ3) is 3.55. The molecule has 1 aliphatic rings. The first-order valence-corrected chi connectivity index (χ1v) is 11.9. The summed E-state index contributed by atoms with van der Waals surface area (Å²) in [7, 11) is -3.82. The van der Waals surface area contributed by atoms with Crippen molar-refractivity contribution >= 4 is 31.6 Å². The minimum Gasteiger partial charge on any atom is -0.508 e. The number of phenolic OH excluding ortho intramolecular Hbond substituents is 1. The number of halogens is 1. The quantitative estimate of drug-likeness (QED) is 0.477. The lowest BCUT2D eigenvalue weighted by Crippen LogP contribution is -2.37. The Morgan fingerprint density at radius 1 is 1.00 bits per heavy atom. The van der Waals surface area contributed by atoms with Gasteiger partial charge >= 0.3 is 0 Å². The van der Waals surface area contributed by atoms with E-state index in [4.69, 9.17) is 0 Å². The molecule has 29 heavy (non-hydrogen) atoms. The van der Waals surface area contributed by atoms with Gasteiger partial charge in [-0.15, -0.1) is 0 Å². The maximum absolute atomic E-state index is 13.8. The maximum Gasteiger partial charge on any atom is 0.264 e. The molecule has 0 saturated heterocycles. The van der Waals surface area contributed by atoms with Crippen LogP contribution in [0, 0.1) is 0 Å². The van der Waals surface area contributed by atoms with Crippen molar-refractivity contribution in [1.82, 2.24) is 0 Å². The molecule has 1 heterocycles. The summed E-state index contributed by atoms with van der Waals surface area (Å²) in [5, 5.41) is 9.61. The van der Waals surface area contributed by atoms with Gasteiger partial charge in [-0.2, -0.15) is 0 Å². The number of nitrogens with zero attached hydrogens (tertiary/aromatic N) is 1. The van der Waals surface area contributed by atoms with Crippen LogP contribution in [-0.4, -0.2) is 13.5 Å². The first-order valence-electron chi connectivity index (χ1n) is 9.66. The summed E-state index contributed by atoms with van der Waals surface area (Å²) in [5.74, 6) is 0.0415. The molecule has 0 saturated carbocycles. The molecule has 3 aromatic rings. The van der Waals surface area contributed by atoms with Crippen LogP contribution in [0.3, 0.4) is 0 Å². The normalized spacial score (nSPS) is 15.7. The number of rotatable bonds is 5. The number of unbranched alkanes of at least 4 members (excludes halogenated alkanes) is 1. The highest BCUT2D eigenvalue weighted by Crippen LogP contribution is 2.49. The van der Waals surface area contributed by atoms with Crippen molar-refractivity contribution in [1.29, 1.82) is 0 Å². The van der Waals surface area contributed by atoms with Gasteiger partial charge in [-0.3, -0.25) is 4.31 Å². The average Bonchev–Trinajstić information content (AvgIpc) is 2.72. The summed E-state index contributed by atoms with van der Waals surface area (Å²) in [6.45, 7) is 2.11. The van der Waals surface area contributed by atoms with Crippen LogP contribution in [0.15, 0.2) is 76.1 Å². The van der Waals surface area contributed by atoms with Gasteiger partial charge < -0.3 is 5.11 Å². The van der Waals surface area contributed by atoms with Crippen LogP contribution < -0.4 is 4.31 Å². The molecule has 3 aromatic carbocycles. The summed E-state index contributed by atoms with van der Waals surface area (Å²) in [6.07, 6.45) is 2.64. The Morgan fingerprint density at radius 2 is 1.72 bits per heavy atom. The SMILES string of the molecule is CCCCC1c2ccccc2-c2cc(Br)ccc2N1S(=O)(=O)c1ccc(O)cc1. The molecular formula is C23H22BrNO3S. The Hall–Kier alpha value is -2.31. The first-order chi connectivity index (χ1) is 13.9. The van der Waals surface area contributed by atoms with Crippen LogP contribution in [0.25, 0.3) is 11.1 Å². The van der Waals surface area contributed by atoms with Gasteiger partial charge in [0.2, 0.25) is 0 Å². The van der Waals surface area contributed by atoms with Crippen LogP contribution >= 0.6 is 15.9 Å². The molecule has 0 spiro atoms. The number of anilines is 1. The Labute approximate surface area is 180 Å². The molecular weight excluding hydrogens is 450 g/mol. The van der Waals surface area contributed by atoms with Crippen molar-refractivity contribution in [2.45, 2.75) is 37.1 Å². The van der Waals surface area contributed by atoms with Gasteiger partial charge in [-0.1, -0.05) is 60.0 Å². The van der Waals surface area contributed by atoms with Gasteiger partial charge in [0.25, 0.3) is 10.0 Å². The second kappa shape index (κ2) is 7.84. The lowest BCUT2D eigenvalue weighted by Gasteiger charge is -2.39. The second-order valence-electron chi connectivity index (χ2n) is 7.20. The molecule has 0 radical (unpaired) electrons. The molecule has 0 amide bonds. The third-order valence-electron chi connectivity index (χ3n) is 5.31. The second-order valence-corrected chi connectivity index (χ2v) is 9.93. The topological polar surface area (TPSA) is 57.6 Å². The van der Waals surface area contributed by atoms with E-state index in [0.717, 1.165) is 40.4 Å². The van der Waals surface area contributed by atoms with E-state index in [-0.39, 0.29) is 16.7 Å². The van der Waals surface area contributed by atoms with Crippen LogP contribution in [0.4, 0.5) is 5.69 Å². The van der Waals surface area contributed by atoms with Crippen LogP contribution in [0.5, 0.6) is 5.75 Å². The summed E-state index contributed by atoms with van der Waals surface area (Å²) >= 11 is 3.53. The molecule has 6 heteroatoms. The van der Waals surface area contributed by atoms with Crippen molar-refractivity contribution < 1.29 is 13.5 Å². The summed E-state index contributed by atoms with van der Waals surface area (Å²) in [5.41, 5.74) is 3.67. The Kier molecular flexibility index (Phi) is 5.40. The number of sulfonamides is 1. The minimum atomic E-state index is -3.82. The number of aromatic hydroxyl groups is 1. The zero-order chi connectivity index (χ0) is 20.6. The van der Waals surface area contributed by atoms with Crippen molar-refractivity contribution in [3.63, 3.8) is 0 Å². The van der Waals surface area contributed by atoms with Crippen LogP contribution in [0.2, 0.25) is 0 Å². The molecule has 150 valence electrons. The Morgan fingerprint density at radius 3 is 2.45 bits per heavy atom. The van der Waals surface area contributed by atoms with E-state index in [0.29, 0.717) is 5.69 Å². The lowest BCUT2D eigenvalue weighted by molar-refractivity contribution is 0.474. The minimum absolute atomic E-state index is 0.0415. The Balaban J connectivity index is 1.96. The number of hydrogen-bond acceptors (Lipinski definition) is 3. The third-order valence-corrected chi connectivity index (χ3v) is 7.64. The van der Waals surface area contributed by atoms with Crippen LogP contribution in [0.1, 0.15) is 37.8 Å². The maximum atomic E-state index is 13.8. The summed E-state index contributed by atoms with van der Waals surface area (Å²) in [6, 6.07) is 19.2. The van der Waals surface area contributed by atoms with Gasteiger partial charge in [-0.05, 0) is 60.0 Å². The molecule has 1 atom stereocenters. The van der Waals surface area contributed by atoms with E-state index in [1.807, 2.05) is 36.4 Å². The standard InChI is InChI=1S/C23H22BrNO3S/c1-2-3-8-22-20-7-5-4-6-19(20)21-15-16(24)9-14-23(21)25(22)29(27,28)18-12-10-17(26)11-13-18/h4-7,9-15,22,26H,2-3,8H2,1H3. The molecule has 4 rings (SSSR count). The van der Waals surface area contributed by atoms with Gasteiger partial charge in [0.15, 0.2) is 0 Å². The zero-order valence-electron chi connectivity index (χ0n) is 16.0. The van der Waals surface area contributed by atoms with Gasteiger partial charge in [0.05, 0.1) is 16.6 Å². The molecule has 0 bridgehead atoms. The van der Waals surface area contributed by atoms with E-state index in [2.05, 4.69) is 28.9 Å². The molecule has 0 fully saturated rings. The van der Waals surface area contributed by atoms with E-state index in [9.17, 15) is 13.5 Å². The fraction of sp³-hybridized carbons (Fsp3) is 0.217. The molecule has 0 aliphatic carbocycles. The number of hydrogen-bond donors (Lipinski definition) is 1. The molecule has 0 aromatic heterocycles. The van der Waals surface area contributed by atoms with E-state index in [1.165, 1.54) is 24.3 Å². The summed E-state index contributed by atoms with van der Waals surface area (Å²) in [4.78, 5) is 0.171. The fourth-order valence-corrected chi connectivity index (χ4v) is 5.98. The first kappa shape index (κ1) is 20.0. The van der Waals surface area contributed by atoms with Crippen molar-refractivity contribution in [2.75, 3.05) is 4.31 Å². The predicted molar refractivity (Wildman–Crippen MR) is 120 cm³/mol. The largest absolute Gasteiger partial charge is 0.508 e. The molecule has 4 nitrogen and oxygen atoms in total. The number of benzene rings is 3. The van der Waals surface area contributed by atoms with Crippen molar-refractivity contribution in [3.8, 4) is 16.9 Å². The summed E-state index contributed by atoms with van der Waals surface area (Å²) < 4.78 is 30.0. The van der Waals surface area contributed by atoms with E-state index < -0.39 is 10.0 Å². The van der Waals surface area contributed by atoms with Crippen LogP contribution in [-0.2, 0) is 10.0 Å². The highest BCUT2D eigenvalue weighted by atomic mass is 79.9. The monoisotopic (exact) mass is 471 g/mol. The predicted octanol–water partition coefficient (Wildman–Crippen LogP) is 6.26. The zero-order valence-corrected chi connectivity index (χ0v) is 18.4. The highest BCUT2D eigenvalue weighted by molar-refractivity contribution is 9.10. The van der Waals surface area contributed by atoms with Gasteiger partial charge in [-0.25, -0.2) is 8.42 Å².